The maximum atomic E-state index is 3.98. The molecule has 2 aliphatic carbocycles. The minimum Gasteiger partial charge on any atom is -0.147 e. The Morgan fingerprint density at radius 1 is 0.595 bits per heavy atom. The normalized spacial score (nSPS) is 13.2. The smallest absolute Gasteiger partial charge is 0.0761 e. The van der Waals surface area contributed by atoms with Crippen molar-refractivity contribution in [3.05, 3.63) is 132 Å². The van der Waals surface area contributed by atoms with E-state index in [1.165, 1.54) is 41.1 Å². The number of hydrogen-bond acceptors (Lipinski definition) is 0. The summed E-state index contributed by atoms with van der Waals surface area (Å²) in [5.41, 5.74) is 13.1. The first kappa shape index (κ1) is 29.7. The van der Waals surface area contributed by atoms with Gasteiger partial charge in [0.1, 0.15) is 0 Å². The van der Waals surface area contributed by atoms with Crippen LogP contribution in [0.5, 0.6) is 0 Å². The quantitative estimate of drug-likeness (QED) is 0.117. The third-order valence-corrected chi connectivity index (χ3v) is 13.7. The summed E-state index contributed by atoms with van der Waals surface area (Å²) in [6.45, 7) is 6.70. The van der Waals surface area contributed by atoms with E-state index in [0.29, 0.717) is 11.1 Å². The third kappa shape index (κ3) is 4.86. The van der Waals surface area contributed by atoms with Crippen molar-refractivity contribution in [3.63, 3.8) is 0 Å². The number of hydrogen-bond donors (Lipinski definition) is 0. The average Bonchev–Trinajstić information content (AvgIpc) is 3.41. The Morgan fingerprint density at radius 2 is 0.919 bits per heavy atom. The fourth-order valence-corrected chi connectivity index (χ4v) is 12.8. The van der Waals surface area contributed by atoms with Crippen LogP contribution in [0.25, 0.3) is 22.3 Å². The van der Waals surface area contributed by atoms with Crippen LogP contribution in [-0.2, 0) is 21.7 Å². The van der Waals surface area contributed by atoms with Gasteiger partial charge in [0, 0.05) is 32.8 Å². The molecule has 0 spiro atoms. The van der Waals surface area contributed by atoms with Crippen LogP contribution in [-0.4, -0.2) is 8.07 Å². The predicted octanol–water partition coefficient (Wildman–Crippen LogP) is 9.97. The Hall–Kier alpha value is -1.87. The Kier molecular flexibility index (Phi) is 9.89. The summed E-state index contributed by atoms with van der Waals surface area (Å²) in [6.07, 6.45) is 5.70. The zero-order chi connectivity index (χ0) is 23.1. The third-order valence-electron chi connectivity index (χ3n) is 8.36. The fraction of sp³-hybridized carbons (Fsp3) is 0.212. The minimum absolute atomic E-state index is 0. The zero-order valence-corrected chi connectivity index (χ0v) is 25.5. The SMILES string of the molecule is C=CCCCC[Si](C)(C1c2ccccc2-c2ccccc21)C1c2ccccc2-c2ccccc21.Cl.Cl.[Ti]. The summed E-state index contributed by atoms with van der Waals surface area (Å²) in [6, 6.07) is 38.2. The molecule has 0 fully saturated rings. The van der Waals surface area contributed by atoms with E-state index in [1.807, 2.05) is 0 Å². The first-order valence-electron chi connectivity index (χ1n) is 12.7. The summed E-state index contributed by atoms with van der Waals surface area (Å²) in [7, 11) is -1.97. The predicted molar refractivity (Wildman–Crippen MR) is 162 cm³/mol. The van der Waals surface area contributed by atoms with Crippen LogP contribution in [0.4, 0.5) is 0 Å². The molecule has 0 unspecified atom stereocenters. The van der Waals surface area contributed by atoms with E-state index in [1.54, 1.807) is 22.3 Å². The van der Waals surface area contributed by atoms with Gasteiger partial charge in [-0.25, -0.2) is 0 Å². The molecule has 0 bridgehead atoms. The number of rotatable bonds is 7. The van der Waals surface area contributed by atoms with Gasteiger partial charge in [-0.15, -0.1) is 31.4 Å². The van der Waals surface area contributed by atoms with Crippen molar-refractivity contribution < 1.29 is 21.7 Å². The number of fused-ring (bicyclic) bond motifs is 6. The van der Waals surface area contributed by atoms with E-state index in [4.69, 9.17) is 0 Å². The largest absolute Gasteiger partial charge is 0.147 e. The van der Waals surface area contributed by atoms with Gasteiger partial charge in [-0.2, -0.15) is 0 Å². The second-order valence-corrected chi connectivity index (χ2v) is 14.9. The first-order valence-corrected chi connectivity index (χ1v) is 15.6. The van der Waals surface area contributed by atoms with E-state index in [9.17, 15) is 0 Å². The van der Waals surface area contributed by atoms with Gasteiger partial charge >= 0.3 is 0 Å². The van der Waals surface area contributed by atoms with Crippen LogP contribution in [0.1, 0.15) is 52.6 Å². The van der Waals surface area contributed by atoms with Crippen LogP contribution >= 0.6 is 24.8 Å². The summed E-state index contributed by atoms with van der Waals surface area (Å²) >= 11 is 0. The van der Waals surface area contributed by atoms with Crippen LogP contribution in [0.2, 0.25) is 12.6 Å². The molecule has 2 aliphatic rings. The number of unbranched alkanes of at least 4 members (excludes halogenated alkanes) is 2. The fourth-order valence-electron chi connectivity index (χ4n) is 6.98. The molecule has 0 amide bonds. The Balaban J connectivity index is 0.00000127. The summed E-state index contributed by atoms with van der Waals surface area (Å²) in [5.74, 6) is 0. The van der Waals surface area contributed by atoms with Gasteiger partial charge in [-0.1, -0.05) is 129 Å². The molecule has 188 valence electrons. The van der Waals surface area contributed by atoms with Crippen LogP contribution in [0, 0.1) is 0 Å². The van der Waals surface area contributed by atoms with Gasteiger partial charge in [0.15, 0.2) is 0 Å². The van der Waals surface area contributed by atoms with Crippen molar-refractivity contribution >= 4 is 32.9 Å². The molecule has 0 aliphatic heterocycles. The molecule has 0 saturated carbocycles. The summed E-state index contributed by atoms with van der Waals surface area (Å²) < 4.78 is 0. The first-order chi connectivity index (χ1) is 16.7. The summed E-state index contributed by atoms with van der Waals surface area (Å²) in [4.78, 5) is 0. The molecular weight excluding hydrogens is 543 g/mol. The molecule has 0 radical (unpaired) electrons. The Labute approximate surface area is 250 Å². The topological polar surface area (TPSA) is 0 Å². The van der Waals surface area contributed by atoms with Crippen LogP contribution in [0.3, 0.4) is 0 Å². The number of halogens is 2. The van der Waals surface area contributed by atoms with Crippen molar-refractivity contribution in [3.8, 4) is 22.3 Å². The van der Waals surface area contributed by atoms with E-state index in [-0.39, 0.29) is 46.5 Å². The van der Waals surface area contributed by atoms with Gasteiger partial charge in [-0.3, -0.25) is 0 Å². The molecule has 6 rings (SSSR count). The van der Waals surface area contributed by atoms with Gasteiger partial charge < -0.3 is 0 Å². The molecule has 0 saturated heterocycles. The number of benzene rings is 4. The monoisotopic (exact) mass is 576 g/mol. The minimum atomic E-state index is -1.97. The van der Waals surface area contributed by atoms with Crippen LogP contribution in [0.15, 0.2) is 110 Å². The van der Waals surface area contributed by atoms with Gasteiger partial charge in [0.05, 0.1) is 8.07 Å². The van der Waals surface area contributed by atoms with Gasteiger partial charge in [-0.05, 0) is 50.9 Å². The molecule has 4 heteroatoms. The maximum Gasteiger partial charge on any atom is 0.0761 e. The van der Waals surface area contributed by atoms with E-state index >= 15 is 0 Å². The van der Waals surface area contributed by atoms with E-state index < -0.39 is 8.07 Å². The standard InChI is InChI=1S/C33H32Si.2ClH.Ti/c1-3-4-5-14-23-34(2,32-28-19-10-6-15-24(28)25-16-7-11-20-29(25)32)33-30-21-12-8-17-26(30)27-18-9-13-22-31(27)33;;;/h3,6-13,15-22,32-33H,1,4-5,14,23H2,2H3;2*1H;. The van der Waals surface area contributed by atoms with Gasteiger partial charge in [0.2, 0.25) is 0 Å². The van der Waals surface area contributed by atoms with Crippen LogP contribution < -0.4 is 0 Å². The zero-order valence-electron chi connectivity index (χ0n) is 21.3. The molecule has 0 aromatic heterocycles. The van der Waals surface area contributed by atoms with Gasteiger partial charge in [0.25, 0.3) is 0 Å². The molecule has 4 aromatic rings. The number of allylic oxidation sites excluding steroid dienone is 1. The second kappa shape index (κ2) is 12.3. The molecule has 0 nitrogen and oxygen atoms in total. The average molecular weight is 577 g/mol. The molecule has 0 N–H and O–H groups in total. The molecule has 0 heterocycles. The van der Waals surface area contributed by atoms with Crippen molar-refractivity contribution in [1.29, 1.82) is 0 Å². The van der Waals surface area contributed by atoms with Crippen molar-refractivity contribution in [1.82, 2.24) is 0 Å². The Morgan fingerprint density at radius 3 is 1.24 bits per heavy atom. The summed E-state index contributed by atoms with van der Waals surface area (Å²) in [5, 5.41) is 0. The molecule has 37 heavy (non-hydrogen) atoms. The van der Waals surface area contributed by atoms with Crippen molar-refractivity contribution in [2.24, 2.45) is 0 Å². The van der Waals surface area contributed by atoms with E-state index in [0.717, 1.165) is 6.42 Å². The second-order valence-electron chi connectivity index (χ2n) is 10.3. The molecule has 0 atom stereocenters. The van der Waals surface area contributed by atoms with Crippen molar-refractivity contribution in [2.75, 3.05) is 0 Å². The Bertz CT molecular complexity index is 1200. The molecular formula is C33H34Cl2SiTi. The van der Waals surface area contributed by atoms with E-state index in [2.05, 4.69) is 116 Å². The molecule has 4 aromatic carbocycles. The maximum absolute atomic E-state index is 3.98. The van der Waals surface area contributed by atoms with Crippen molar-refractivity contribution in [2.45, 2.75) is 42.9 Å².